The van der Waals surface area contributed by atoms with Crippen molar-refractivity contribution in [1.29, 1.82) is 0 Å². The van der Waals surface area contributed by atoms with Crippen molar-refractivity contribution in [3.05, 3.63) is 28.9 Å². The fraction of sp³-hybridized carbons (Fsp3) is 0.458. The number of thiophene rings is 1. The summed E-state index contributed by atoms with van der Waals surface area (Å²) in [6.45, 7) is 10.1. The van der Waals surface area contributed by atoms with Crippen molar-refractivity contribution in [2.45, 2.75) is 37.9 Å². The maximum Gasteiger partial charge on any atom is 0.413 e. The number of sulfonamides is 1. The number of fused-ring (bicyclic) bond motifs is 1. The molecule has 0 unspecified atom stereocenters. The molecule has 1 saturated heterocycles. The molecule has 1 amide bonds. The average Bonchev–Trinajstić information content (AvgIpc) is 3.61. The van der Waals surface area contributed by atoms with Gasteiger partial charge in [0.1, 0.15) is 17.9 Å². The van der Waals surface area contributed by atoms with Gasteiger partial charge in [-0.25, -0.2) is 28.2 Å². The molecule has 0 bridgehead atoms. The normalized spacial score (nSPS) is 15.8. The summed E-state index contributed by atoms with van der Waals surface area (Å²) >= 11 is 2.50. The molecule has 1 aliphatic heterocycles. The first kappa shape index (κ1) is 28.4. The van der Waals surface area contributed by atoms with E-state index in [-0.39, 0.29) is 15.4 Å². The number of carbonyl (C=O) groups is 1. The molecule has 0 spiro atoms. The van der Waals surface area contributed by atoms with E-state index in [9.17, 15) is 13.2 Å². The lowest BCUT2D eigenvalue weighted by Gasteiger charge is -2.35. The number of nitrogens with one attached hydrogen (secondary N) is 2. The molecule has 4 aromatic heterocycles. The number of carbonyl (C=O) groups excluding carboxylic acids is 1. The van der Waals surface area contributed by atoms with E-state index in [1.165, 1.54) is 11.4 Å². The third-order valence-electron chi connectivity index (χ3n) is 6.63. The number of aryl methyl sites for hydroxylation is 3. The number of piperazine rings is 1. The van der Waals surface area contributed by atoms with E-state index in [1.807, 2.05) is 13.8 Å². The van der Waals surface area contributed by atoms with Crippen LogP contribution in [-0.2, 0) is 14.8 Å². The van der Waals surface area contributed by atoms with Gasteiger partial charge in [-0.3, -0.25) is 10.2 Å². The zero-order valence-corrected chi connectivity index (χ0v) is 25.2. The second-order valence-corrected chi connectivity index (χ2v) is 13.5. The highest BCUT2D eigenvalue weighted by Gasteiger charge is 2.32. The largest absolute Gasteiger partial charge is 0.453 e. The number of aromatic nitrogens is 4. The molecule has 16 heteroatoms. The van der Waals surface area contributed by atoms with E-state index < -0.39 is 16.1 Å². The van der Waals surface area contributed by atoms with Crippen molar-refractivity contribution in [3.8, 4) is 11.1 Å². The first-order valence-corrected chi connectivity index (χ1v) is 15.7. The number of ether oxygens (including phenoxy) is 1. The van der Waals surface area contributed by atoms with Gasteiger partial charge in [-0.15, -0.1) is 11.3 Å². The number of rotatable bonds is 8. The maximum atomic E-state index is 13.3. The van der Waals surface area contributed by atoms with Crippen LogP contribution in [0.15, 0.2) is 20.4 Å². The van der Waals surface area contributed by atoms with Gasteiger partial charge in [-0.05, 0) is 27.7 Å². The molecule has 5 heterocycles. The van der Waals surface area contributed by atoms with E-state index >= 15 is 0 Å². The number of hydrogen-bond acceptors (Lipinski definition) is 13. The molecule has 0 saturated carbocycles. The fourth-order valence-corrected chi connectivity index (χ4v) is 8.67. The number of anilines is 2. The summed E-state index contributed by atoms with van der Waals surface area (Å²) in [5.74, 6) is 1.52. The molecular formula is C24H30N8O5S3. The predicted octanol–water partition coefficient (Wildman–Crippen LogP) is 3.71. The highest BCUT2D eigenvalue weighted by molar-refractivity contribution is 7.91. The molecule has 40 heavy (non-hydrogen) atoms. The topological polar surface area (TPSA) is 156 Å². The van der Waals surface area contributed by atoms with Gasteiger partial charge in [0.2, 0.25) is 0 Å². The van der Waals surface area contributed by atoms with Gasteiger partial charge in [-0.2, -0.15) is 4.31 Å². The van der Waals surface area contributed by atoms with Gasteiger partial charge in [0.25, 0.3) is 10.0 Å². The third kappa shape index (κ3) is 5.54. The van der Waals surface area contributed by atoms with Crippen molar-refractivity contribution < 1.29 is 22.5 Å². The Morgan fingerprint density at radius 1 is 1.18 bits per heavy atom. The third-order valence-corrected chi connectivity index (χ3v) is 11.2. The summed E-state index contributed by atoms with van der Waals surface area (Å²) in [6, 6.07) is 0.0570. The molecule has 4 aromatic rings. The standard InChI is InChI=1S/C24H30N8O5S3/c1-13(27-21-20-19(25-12-26-21)17(11-38-20)18-14(2)30-37-16(18)4)10-31-6-8-32(9-7-31)40(34,35)22-15(3)28-23(39-22)29-24(33)36-5/h11-13H,6-10H2,1-5H3,(H,25,26,27)(H,28,29,33)/t13-/m0/s1. The molecule has 0 radical (unpaired) electrons. The summed E-state index contributed by atoms with van der Waals surface area (Å²) in [6.07, 6.45) is 0.861. The summed E-state index contributed by atoms with van der Waals surface area (Å²) in [5, 5.41) is 12.3. The first-order chi connectivity index (χ1) is 19.1. The molecule has 2 N–H and O–H groups in total. The molecule has 5 rings (SSSR count). The Labute approximate surface area is 239 Å². The highest BCUT2D eigenvalue weighted by Crippen LogP contribution is 2.38. The number of thiazole rings is 1. The molecule has 1 fully saturated rings. The minimum Gasteiger partial charge on any atom is -0.453 e. The molecule has 0 aliphatic carbocycles. The van der Waals surface area contributed by atoms with Crippen LogP contribution < -0.4 is 10.6 Å². The Kier molecular flexibility index (Phi) is 8.05. The van der Waals surface area contributed by atoms with Gasteiger partial charge < -0.3 is 14.6 Å². The number of methoxy groups -OCH3 is 1. The monoisotopic (exact) mass is 606 g/mol. The molecule has 1 atom stereocenters. The number of nitrogens with zero attached hydrogens (tertiary/aromatic N) is 6. The average molecular weight is 607 g/mol. The second-order valence-electron chi connectivity index (χ2n) is 9.51. The van der Waals surface area contributed by atoms with E-state index in [0.29, 0.717) is 38.4 Å². The van der Waals surface area contributed by atoms with Gasteiger partial charge in [0.05, 0.1) is 34.3 Å². The Bertz CT molecular complexity index is 1620. The van der Waals surface area contributed by atoms with Crippen LogP contribution in [0, 0.1) is 20.8 Å². The van der Waals surface area contributed by atoms with E-state index in [1.54, 1.807) is 24.6 Å². The first-order valence-electron chi connectivity index (χ1n) is 12.5. The van der Waals surface area contributed by atoms with Crippen molar-refractivity contribution >= 4 is 60.0 Å². The molecule has 1 aliphatic rings. The summed E-state index contributed by atoms with van der Waals surface area (Å²) in [5.41, 5.74) is 3.96. The van der Waals surface area contributed by atoms with Gasteiger partial charge in [-0.1, -0.05) is 16.5 Å². The van der Waals surface area contributed by atoms with Crippen molar-refractivity contribution in [3.63, 3.8) is 0 Å². The van der Waals surface area contributed by atoms with Crippen molar-refractivity contribution in [1.82, 2.24) is 29.3 Å². The summed E-state index contributed by atoms with van der Waals surface area (Å²) in [4.78, 5) is 26.9. The molecule has 0 aromatic carbocycles. The quantitative estimate of drug-likeness (QED) is 0.301. The molecule has 13 nitrogen and oxygen atoms in total. The van der Waals surface area contributed by atoms with Crippen LogP contribution >= 0.6 is 22.7 Å². The maximum absolute atomic E-state index is 13.3. The van der Waals surface area contributed by atoms with Crippen LogP contribution in [0.5, 0.6) is 0 Å². The van der Waals surface area contributed by atoms with Crippen molar-refractivity contribution in [2.24, 2.45) is 0 Å². The lowest BCUT2D eigenvalue weighted by atomic mass is 10.1. The Morgan fingerprint density at radius 3 is 2.60 bits per heavy atom. The fourth-order valence-electron chi connectivity index (χ4n) is 4.75. The number of hydrogen-bond donors (Lipinski definition) is 2. The SMILES string of the molecule is COC(=O)Nc1nc(C)c(S(=O)(=O)N2CCN(C[C@H](C)Nc3ncnc4c(-c5c(C)noc5C)csc34)CC2)s1. The van der Waals surface area contributed by atoms with Gasteiger partial charge in [0.15, 0.2) is 9.34 Å². The Hall–Kier alpha value is -3.18. The smallest absolute Gasteiger partial charge is 0.413 e. The Balaban J connectivity index is 1.21. The predicted molar refractivity (Wildman–Crippen MR) is 154 cm³/mol. The van der Waals surface area contributed by atoms with Gasteiger partial charge in [0, 0.05) is 49.7 Å². The van der Waals surface area contributed by atoms with Crippen LogP contribution in [0.1, 0.15) is 24.1 Å². The zero-order valence-electron chi connectivity index (χ0n) is 22.7. The van der Waals surface area contributed by atoms with E-state index in [0.717, 1.165) is 50.0 Å². The van der Waals surface area contributed by atoms with Crippen LogP contribution in [-0.4, -0.2) is 89.7 Å². The molecular weight excluding hydrogens is 577 g/mol. The minimum atomic E-state index is -3.73. The van der Waals surface area contributed by atoms with E-state index in [2.05, 4.69) is 52.7 Å². The van der Waals surface area contributed by atoms with Crippen LogP contribution in [0.25, 0.3) is 21.3 Å². The Morgan fingerprint density at radius 2 is 1.93 bits per heavy atom. The number of amides is 1. The second kappa shape index (κ2) is 11.4. The summed E-state index contributed by atoms with van der Waals surface area (Å²) in [7, 11) is -2.50. The summed E-state index contributed by atoms with van der Waals surface area (Å²) < 4.78 is 39.1. The lowest BCUT2D eigenvalue weighted by Crippen LogP contribution is -2.50. The highest BCUT2D eigenvalue weighted by atomic mass is 32.2. The van der Waals surface area contributed by atoms with Crippen LogP contribution in [0.3, 0.4) is 0 Å². The van der Waals surface area contributed by atoms with Crippen molar-refractivity contribution in [2.75, 3.05) is 50.5 Å². The van der Waals surface area contributed by atoms with Gasteiger partial charge >= 0.3 is 6.09 Å². The minimum absolute atomic E-state index is 0.0570. The van der Waals surface area contributed by atoms with Crippen LogP contribution in [0.4, 0.5) is 15.7 Å². The van der Waals surface area contributed by atoms with Crippen LogP contribution in [0.2, 0.25) is 0 Å². The van der Waals surface area contributed by atoms with E-state index in [4.69, 9.17) is 4.52 Å². The zero-order chi connectivity index (χ0) is 28.6. The molecule has 214 valence electrons. The lowest BCUT2D eigenvalue weighted by molar-refractivity contribution is 0.184.